The minimum atomic E-state index is -0.147. The Hall–Kier alpha value is -2.05. The number of aromatic hydroxyl groups is 1. The van der Waals surface area contributed by atoms with E-state index in [1.54, 1.807) is 18.2 Å². The van der Waals surface area contributed by atoms with Crippen LogP contribution < -0.4 is 10.6 Å². The Kier molecular flexibility index (Phi) is 6.63. The van der Waals surface area contributed by atoms with Crippen molar-refractivity contribution in [2.75, 3.05) is 19.6 Å². The van der Waals surface area contributed by atoms with E-state index in [0.717, 1.165) is 37.9 Å². The SMILES string of the molecule is Cl.O=C(NCCc1ccc(O)cc1)c1ccn(C2CCCNC2)n1. The van der Waals surface area contributed by atoms with Crippen LogP contribution in [0.5, 0.6) is 5.75 Å². The van der Waals surface area contributed by atoms with Crippen molar-refractivity contribution in [1.29, 1.82) is 0 Å². The molecule has 1 aliphatic rings. The van der Waals surface area contributed by atoms with Gasteiger partial charge in [0.25, 0.3) is 5.91 Å². The molecule has 1 aromatic carbocycles. The third kappa shape index (κ3) is 4.72. The lowest BCUT2D eigenvalue weighted by atomic mass is 10.1. The van der Waals surface area contributed by atoms with Crippen LogP contribution >= 0.6 is 12.4 Å². The molecular formula is C17H23ClN4O2. The van der Waals surface area contributed by atoms with Crippen molar-refractivity contribution in [2.45, 2.75) is 25.3 Å². The second-order valence-corrected chi connectivity index (χ2v) is 5.85. The molecule has 3 N–H and O–H groups in total. The molecule has 0 bridgehead atoms. The summed E-state index contributed by atoms with van der Waals surface area (Å²) in [6.07, 6.45) is 4.83. The Bertz CT molecular complexity index is 651. The van der Waals surface area contributed by atoms with Gasteiger partial charge in [0.15, 0.2) is 0 Å². The first-order valence-corrected chi connectivity index (χ1v) is 8.04. The molecule has 1 aromatic heterocycles. The Morgan fingerprint density at radius 2 is 2.12 bits per heavy atom. The van der Waals surface area contributed by atoms with Gasteiger partial charge < -0.3 is 15.7 Å². The van der Waals surface area contributed by atoms with Crippen LogP contribution in [-0.2, 0) is 6.42 Å². The number of benzene rings is 1. The largest absolute Gasteiger partial charge is 0.508 e. The van der Waals surface area contributed by atoms with E-state index < -0.39 is 0 Å². The number of phenolic OH excluding ortho intramolecular Hbond substituents is 1. The number of hydrogen-bond acceptors (Lipinski definition) is 4. The van der Waals surface area contributed by atoms with Gasteiger partial charge in [-0.15, -0.1) is 12.4 Å². The molecule has 2 heterocycles. The van der Waals surface area contributed by atoms with Gasteiger partial charge >= 0.3 is 0 Å². The molecular weight excluding hydrogens is 328 g/mol. The molecule has 1 atom stereocenters. The number of carbonyl (C=O) groups is 1. The van der Waals surface area contributed by atoms with Crippen LogP contribution in [0.25, 0.3) is 0 Å². The maximum atomic E-state index is 12.1. The van der Waals surface area contributed by atoms with Gasteiger partial charge in [-0.3, -0.25) is 9.48 Å². The normalized spacial score (nSPS) is 17.1. The summed E-state index contributed by atoms with van der Waals surface area (Å²) >= 11 is 0. The van der Waals surface area contributed by atoms with E-state index in [1.165, 1.54) is 0 Å². The maximum Gasteiger partial charge on any atom is 0.271 e. The summed E-state index contributed by atoms with van der Waals surface area (Å²) in [5.41, 5.74) is 1.53. The standard InChI is InChI=1S/C17H22N4O2.ClH/c22-15-5-3-13(4-6-15)7-10-19-17(23)16-8-11-21(20-16)14-2-1-9-18-12-14;/h3-6,8,11,14,18,22H,1-2,7,9-10,12H2,(H,19,23);1H. The Morgan fingerprint density at radius 1 is 1.33 bits per heavy atom. The molecule has 1 amide bonds. The van der Waals surface area contributed by atoms with E-state index in [-0.39, 0.29) is 24.1 Å². The highest BCUT2D eigenvalue weighted by Crippen LogP contribution is 2.15. The molecule has 2 aromatic rings. The first-order valence-electron chi connectivity index (χ1n) is 8.04. The topological polar surface area (TPSA) is 79.2 Å². The molecule has 130 valence electrons. The average Bonchev–Trinajstić information content (AvgIpc) is 3.07. The molecule has 0 spiro atoms. The molecule has 1 saturated heterocycles. The number of amides is 1. The lowest BCUT2D eigenvalue weighted by Gasteiger charge is -2.22. The molecule has 3 rings (SSSR count). The van der Waals surface area contributed by atoms with Gasteiger partial charge in [0.2, 0.25) is 0 Å². The molecule has 0 saturated carbocycles. The lowest BCUT2D eigenvalue weighted by Crippen LogP contribution is -2.32. The maximum absolute atomic E-state index is 12.1. The van der Waals surface area contributed by atoms with Gasteiger partial charge in [-0.05, 0) is 49.6 Å². The fourth-order valence-electron chi connectivity index (χ4n) is 2.80. The smallest absolute Gasteiger partial charge is 0.271 e. The van der Waals surface area contributed by atoms with Crippen molar-refractivity contribution in [3.63, 3.8) is 0 Å². The number of nitrogens with one attached hydrogen (secondary N) is 2. The molecule has 0 radical (unpaired) electrons. The zero-order valence-corrected chi connectivity index (χ0v) is 14.3. The second kappa shape index (κ2) is 8.70. The van der Waals surface area contributed by atoms with Crippen molar-refractivity contribution < 1.29 is 9.90 Å². The van der Waals surface area contributed by atoms with E-state index in [4.69, 9.17) is 0 Å². The Labute approximate surface area is 147 Å². The first kappa shape index (κ1) is 18.3. The van der Waals surface area contributed by atoms with Gasteiger partial charge in [0, 0.05) is 19.3 Å². The molecule has 7 heteroatoms. The zero-order chi connectivity index (χ0) is 16.1. The van der Waals surface area contributed by atoms with E-state index in [9.17, 15) is 9.90 Å². The van der Waals surface area contributed by atoms with Crippen molar-refractivity contribution in [1.82, 2.24) is 20.4 Å². The van der Waals surface area contributed by atoms with Gasteiger partial charge in [0.05, 0.1) is 6.04 Å². The fourth-order valence-corrected chi connectivity index (χ4v) is 2.80. The van der Waals surface area contributed by atoms with Crippen LogP contribution in [0.3, 0.4) is 0 Å². The van der Waals surface area contributed by atoms with Crippen molar-refractivity contribution >= 4 is 18.3 Å². The summed E-state index contributed by atoms with van der Waals surface area (Å²) in [6.45, 7) is 2.51. The van der Waals surface area contributed by atoms with Gasteiger partial charge in [-0.2, -0.15) is 5.10 Å². The molecule has 1 aliphatic heterocycles. The number of rotatable bonds is 5. The van der Waals surface area contributed by atoms with Crippen molar-refractivity contribution in [3.8, 4) is 5.75 Å². The van der Waals surface area contributed by atoms with E-state index in [1.807, 2.05) is 23.0 Å². The summed E-state index contributed by atoms with van der Waals surface area (Å²) < 4.78 is 1.89. The first-order chi connectivity index (χ1) is 11.2. The Morgan fingerprint density at radius 3 is 2.83 bits per heavy atom. The average molecular weight is 351 g/mol. The second-order valence-electron chi connectivity index (χ2n) is 5.85. The van der Waals surface area contributed by atoms with Crippen molar-refractivity contribution in [3.05, 3.63) is 47.8 Å². The molecule has 1 unspecified atom stereocenters. The lowest BCUT2D eigenvalue weighted by molar-refractivity contribution is 0.0947. The number of phenols is 1. The predicted octanol–water partition coefficient (Wildman–Crippen LogP) is 1.91. The van der Waals surface area contributed by atoms with Crippen molar-refractivity contribution in [2.24, 2.45) is 0 Å². The minimum absolute atomic E-state index is 0. The number of halogens is 1. The predicted molar refractivity (Wildman–Crippen MR) is 94.8 cm³/mol. The van der Waals surface area contributed by atoms with Crippen LogP contribution in [0.4, 0.5) is 0 Å². The molecule has 6 nitrogen and oxygen atoms in total. The van der Waals surface area contributed by atoms with Crippen LogP contribution in [0.2, 0.25) is 0 Å². The van der Waals surface area contributed by atoms with E-state index >= 15 is 0 Å². The van der Waals surface area contributed by atoms with Crippen LogP contribution in [0.15, 0.2) is 36.5 Å². The third-order valence-corrected chi connectivity index (χ3v) is 4.12. The summed E-state index contributed by atoms with van der Waals surface area (Å²) in [6, 6.07) is 9.11. The third-order valence-electron chi connectivity index (χ3n) is 4.12. The van der Waals surface area contributed by atoms with Crippen LogP contribution in [0, 0.1) is 0 Å². The molecule has 1 fully saturated rings. The minimum Gasteiger partial charge on any atom is -0.508 e. The zero-order valence-electron chi connectivity index (χ0n) is 13.4. The summed E-state index contributed by atoms with van der Waals surface area (Å²) in [5, 5.41) is 19.9. The van der Waals surface area contributed by atoms with E-state index in [2.05, 4.69) is 15.7 Å². The fraction of sp³-hybridized carbons (Fsp3) is 0.412. The highest BCUT2D eigenvalue weighted by Gasteiger charge is 2.17. The number of hydrogen-bond donors (Lipinski definition) is 3. The summed E-state index contributed by atoms with van der Waals surface area (Å²) in [7, 11) is 0. The summed E-state index contributed by atoms with van der Waals surface area (Å²) in [5.74, 6) is 0.104. The van der Waals surface area contributed by atoms with Gasteiger partial charge in [0.1, 0.15) is 11.4 Å². The molecule has 0 aliphatic carbocycles. The van der Waals surface area contributed by atoms with Gasteiger partial charge in [-0.1, -0.05) is 12.1 Å². The van der Waals surface area contributed by atoms with Gasteiger partial charge in [-0.25, -0.2) is 0 Å². The molecule has 24 heavy (non-hydrogen) atoms. The highest BCUT2D eigenvalue weighted by atomic mass is 35.5. The number of carbonyl (C=O) groups excluding carboxylic acids is 1. The van der Waals surface area contributed by atoms with Crippen LogP contribution in [0.1, 0.15) is 34.9 Å². The highest BCUT2D eigenvalue weighted by molar-refractivity contribution is 5.92. The monoisotopic (exact) mass is 350 g/mol. The number of nitrogens with zero attached hydrogens (tertiary/aromatic N) is 2. The van der Waals surface area contributed by atoms with E-state index in [0.29, 0.717) is 18.3 Å². The Balaban J connectivity index is 0.00000208. The quantitative estimate of drug-likeness (QED) is 0.769. The van der Waals surface area contributed by atoms with Crippen LogP contribution in [-0.4, -0.2) is 40.4 Å². The summed E-state index contributed by atoms with van der Waals surface area (Å²) in [4.78, 5) is 12.1. The number of piperidine rings is 1. The number of aromatic nitrogens is 2.